The molecule has 3 aromatic carbocycles. The molecular formula is C25H23N3OS. The van der Waals surface area contributed by atoms with Gasteiger partial charge in [0.15, 0.2) is 0 Å². The maximum atomic E-state index is 5.59. The molecule has 0 saturated heterocycles. The highest BCUT2D eigenvalue weighted by molar-refractivity contribution is 7.99. The van der Waals surface area contributed by atoms with Gasteiger partial charge in [-0.05, 0) is 24.6 Å². The first-order valence-electron chi connectivity index (χ1n) is 9.77. The second-order valence-electron chi connectivity index (χ2n) is 6.97. The van der Waals surface area contributed by atoms with Gasteiger partial charge >= 0.3 is 0 Å². The predicted molar refractivity (Wildman–Crippen MR) is 123 cm³/mol. The average molecular weight is 414 g/mol. The summed E-state index contributed by atoms with van der Waals surface area (Å²) in [5.41, 5.74) is 5.20. The van der Waals surface area contributed by atoms with Crippen molar-refractivity contribution >= 4 is 18.0 Å². The van der Waals surface area contributed by atoms with E-state index >= 15 is 0 Å². The molecule has 0 amide bonds. The third-order valence-corrected chi connectivity index (χ3v) is 5.83. The van der Waals surface area contributed by atoms with Crippen LogP contribution in [0.3, 0.4) is 0 Å². The molecule has 5 heteroatoms. The van der Waals surface area contributed by atoms with E-state index in [-0.39, 0.29) is 0 Å². The maximum absolute atomic E-state index is 5.59. The van der Waals surface area contributed by atoms with E-state index in [1.807, 2.05) is 48.1 Å². The van der Waals surface area contributed by atoms with Crippen LogP contribution in [0.5, 0.6) is 0 Å². The van der Waals surface area contributed by atoms with Crippen molar-refractivity contribution in [3.63, 3.8) is 0 Å². The highest BCUT2D eigenvalue weighted by Gasteiger charge is 2.17. The Kier molecular flexibility index (Phi) is 6.30. The van der Waals surface area contributed by atoms with Gasteiger partial charge in [0.25, 0.3) is 0 Å². The number of rotatable bonds is 7. The molecule has 0 aliphatic rings. The summed E-state index contributed by atoms with van der Waals surface area (Å²) in [5, 5.41) is 10.1. The van der Waals surface area contributed by atoms with Crippen molar-refractivity contribution in [2.75, 3.05) is 0 Å². The Bertz CT molecular complexity index is 1120. The van der Waals surface area contributed by atoms with E-state index in [1.165, 1.54) is 5.56 Å². The van der Waals surface area contributed by atoms with Crippen LogP contribution in [0.2, 0.25) is 0 Å². The molecule has 0 aliphatic heterocycles. The smallest absolute Gasteiger partial charge is 0.142 e. The third-order valence-electron chi connectivity index (χ3n) is 4.64. The van der Waals surface area contributed by atoms with Gasteiger partial charge in [0.05, 0.1) is 11.8 Å². The van der Waals surface area contributed by atoms with Gasteiger partial charge in [-0.2, -0.15) is 5.10 Å². The first-order valence-corrected chi connectivity index (χ1v) is 10.6. The molecule has 0 bridgehead atoms. The molecule has 0 aliphatic carbocycles. The second kappa shape index (κ2) is 9.46. The summed E-state index contributed by atoms with van der Waals surface area (Å²) in [5.74, 6) is 0. The molecule has 0 atom stereocenters. The Morgan fingerprint density at radius 3 is 2.30 bits per heavy atom. The van der Waals surface area contributed by atoms with E-state index in [0.29, 0.717) is 6.61 Å². The lowest BCUT2D eigenvalue weighted by atomic mass is 10.1. The number of benzene rings is 3. The average Bonchev–Trinajstić information content (AvgIpc) is 3.09. The SMILES string of the molecule is Cc1ccc(CO/N=C/c2c(-c3ccccc3)nn(C)c2Sc2ccccc2)cc1. The number of aromatic nitrogens is 2. The quantitative estimate of drug-likeness (QED) is 0.272. The monoisotopic (exact) mass is 413 g/mol. The van der Waals surface area contributed by atoms with E-state index in [2.05, 4.69) is 60.6 Å². The molecule has 0 saturated carbocycles. The minimum atomic E-state index is 0.429. The van der Waals surface area contributed by atoms with Crippen molar-refractivity contribution in [2.24, 2.45) is 12.2 Å². The van der Waals surface area contributed by atoms with Gasteiger partial charge in [0.1, 0.15) is 17.3 Å². The van der Waals surface area contributed by atoms with Gasteiger partial charge < -0.3 is 4.84 Å². The van der Waals surface area contributed by atoms with Gasteiger partial charge in [-0.3, -0.25) is 4.68 Å². The van der Waals surface area contributed by atoms with Crippen LogP contribution in [0.25, 0.3) is 11.3 Å². The Morgan fingerprint density at radius 2 is 1.60 bits per heavy atom. The van der Waals surface area contributed by atoms with Crippen molar-refractivity contribution in [1.82, 2.24) is 9.78 Å². The Morgan fingerprint density at radius 1 is 0.933 bits per heavy atom. The molecule has 0 spiro atoms. The number of hydrogen-bond acceptors (Lipinski definition) is 4. The van der Waals surface area contributed by atoms with Crippen molar-refractivity contribution in [3.05, 3.63) is 102 Å². The molecule has 0 radical (unpaired) electrons. The van der Waals surface area contributed by atoms with Crippen LogP contribution in [0.15, 0.2) is 100 Å². The van der Waals surface area contributed by atoms with E-state index in [1.54, 1.807) is 18.0 Å². The number of aryl methyl sites for hydroxylation is 2. The van der Waals surface area contributed by atoms with Gasteiger partial charge in [0.2, 0.25) is 0 Å². The third kappa shape index (κ3) is 4.81. The van der Waals surface area contributed by atoms with Crippen LogP contribution in [0.1, 0.15) is 16.7 Å². The topological polar surface area (TPSA) is 39.4 Å². The first-order chi connectivity index (χ1) is 14.7. The molecule has 1 heterocycles. The zero-order chi connectivity index (χ0) is 20.8. The molecule has 4 aromatic rings. The Hall–Kier alpha value is -3.31. The summed E-state index contributed by atoms with van der Waals surface area (Å²) >= 11 is 1.67. The van der Waals surface area contributed by atoms with Crippen LogP contribution < -0.4 is 0 Å². The van der Waals surface area contributed by atoms with Crippen molar-refractivity contribution in [1.29, 1.82) is 0 Å². The van der Waals surface area contributed by atoms with Crippen LogP contribution >= 0.6 is 11.8 Å². The highest BCUT2D eigenvalue weighted by Crippen LogP contribution is 2.34. The normalized spacial score (nSPS) is 11.1. The summed E-state index contributed by atoms with van der Waals surface area (Å²) in [6, 6.07) is 28.7. The lowest BCUT2D eigenvalue weighted by Crippen LogP contribution is -1.94. The minimum Gasteiger partial charge on any atom is -0.391 e. The summed E-state index contributed by atoms with van der Waals surface area (Å²) < 4.78 is 1.90. The van der Waals surface area contributed by atoms with Crippen LogP contribution in [-0.2, 0) is 18.5 Å². The summed E-state index contributed by atoms with van der Waals surface area (Å²) in [6.45, 7) is 2.50. The van der Waals surface area contributed by atoms with E-state index in [4.69, 9.17) is 9.94 Å². The summed E-state index contributed by atoms with van der Waals surface area (Å²) in [7, 11) is 1.96. The lowest BCUT2D eigenvalue weighted by molar-refractivity contribution is 0.132. The zero-order valence-electron chi connectivity index (χ0n) is 17.0. The molecule has 4 rings (SSSR count). The van der Waals surface area contributed by atoms with Gasteiger partial charge in [-0.1, -0.05) is 95.3 Å². The Labute approximate surface area is 181 Å². The molecule has 150 valence electrons. The van der Waals surface area contributed by atoms with Crippen LogP contribution in [0, 0.1) is 6.92 Å². The zero-order valence-corrected chi connectivity index (χ0v) is 17.8. The van der Waals surface area contributed by atoms with Crippen LogP contribution in [-0.4, -0.2) is 16.0 Å². The fraction of sp³-hybridized carbons (Fsp3) is 0.120. The number of nitrogens with zero attached hydrogens (tertiary/aromatic N) is 3. The lowest BCUT2D eigenvalue weighted by Gasteiger charge is -2.04. The number of oxime groups is 1. The van der Waals surface area contributed by atoms with E-state index in [9.17, 15) is 0 Å². The minimum absolute atomic E-state index is 0.429. The summed E-state index contributed by atoms with van der Waals surface area (Å²) in [4.78, 5) is 6.74. The van der Waals surface area contributed by atoms with Gasteiger partial charge in [-0.15, -0.1) is 0 Å². The molecule has 0 N–H and O–H groups in total. The molecule has 30 heavy (non-hydrogen) atoms. The molecule has 0 fully saturated rings. The predicted octanol–water partition coefficient (Wildman–Crippen LogP) is 6.10. The molecule has 0 unspecified atom stereocenters. The largest absolute Gasteiger partial charge is 0.391 e. The molecule has 1 aromatic heterocycles. The molecule has 4 nitrogen and oxygen atoms in total. The molecular weight excluding hydrogens is 390 g/mol. The first kappa shape index (κ1) is 20.0. The number of hydrogen-bond donors (Lipinski definition) is 0. The van der Waals surface area contributed by atoms with Gasteiger partial charge in [0, 0.05) is 17.5 Å². The highest BCUT2D eigenvalue weighted by atomic mass is 32.2. The fourth-order valence-electron chi connectivity index (χ4n) is 3.06. The van der Waals surface area contributed by atoms with Crippen molar-refractivity contribution < 1.29 is 4.84 Å². The van der Waals surface area contributed by atoms with E-state index < -0.39 is 0 Å². The van der Waals surface area contributed by atoms with Crippen molar-refractivity contribution in [3.8, 4) is 11.3 Å². The standard InChI is InChI=1S/C25H23N3OS/c1-19-13-15-20(16-14-19)18-29-26-17-23-24(21-9-5-3-6-10-21)27-28(2)25(23)30-22-11-7-4-8-12-22/h3-17H,18H2,1-2H3/b26-17+. The van der Waals surface area contributed by atoms with Crippen molar-refractivity contribution in [2.45, 2.75) is 23.5 Å². The maximum Gasteiger partial charge on any atom is 0.142 e. The second-order valence-corrected chi connectivity index (χ2v) is 8.03. The Balaban J connectivity index is 1.62. The fourth-order valence-corrected chi connectivity index (χ4v) is 4.01. The van der Waals surface area contributed by atoms with E-state index in [0.717, 1.165) is 32.3 Å². The summed E-state index contributed by atoms with van der Waals surface area (Å²) in [6.07, 6.45) is 1.77. The van der Waals surface area contributed by atoms with Crippen LogP contribution in [0.4, 0.5) is 0 Å². The van der Waals surface area contributed by atoms with Gasteiger partial charge in [-0.25, -0.2) is 0 Å².